The van der Waals surface area contributed by atoms with Gasteiger partial charge in [-0.05, 0) is 31.7 Å². The van der Waals surface area contributed by atoms with Gasteiger partial charge in [0.1, 0.15) is 6.04 Å². The van der Waals surface area contributed by atoms with Crippen LogP contribution in [0.1, 0.15) is 24.1 Å². The van der Waals surface area contributed by atoms with Crippen LogP contribution in [0.5, 0.6) is 0 Å². The van der Waals surface area contributed by atoms with E-state index in [1.807, 2.05) is 18.9 Å². The fourth-order valence-electron chi connectivity index (χ4n) is 2.76. The number of halogens is 3. The van der Waals surface area contributed by atoms with Gasteiger partial charge in [-0.25, -0.2) is 0 Å². The highest BCUT2D eigenvalue weighted by atomic mass is 19.4. The number of nitrogens with zero attached hydrogens (tertiary/aromatic N) is 3. The summed E-state index contributed by atoms with van der Waals surface area (Å²) in [6, 6.07) is 6.71. The van der Waals surface area contributed by atoms with Crippen LogP contribution in [0.15, 0.2) is 24.3 Å². The lowest BCUT2D eigenvalue weighted by molar-refractivity contribution is -0.137. The van der Waals surface area contributed by atoms with E-state index in [0.29, 0.717) is 12.1 Å². The molecule has 0 saturated carbocycles. The van der Waals surface area contributed by atoms with Crippen molar-refractivity contribution in [2.45, 2.75) is 25.2 Å². The first-order valence-corrected chi connectivity index (χ1v) is 6.84. The topological polar surface area (TPSA) is 30.3 Å². The zero-order valence-corrected chi connectivity index (χ0v) is 12.1. The summed E-state index contributed by atoms with van der Waals surface area (Å²) < 4.78 is 38.4. The molecule has 0 amide bonds. The largest absolute Gasteiger partial charge is 0.416 e. The monoisotopic (exact) mass is 297 g/mol. The third-order valence-corrected chi connectivity index (χ3v) is 3.87. The smallest absolute Gasteiger partial charge is 0.304 e. The van der Waals surface area contributed by atoms with Crippen molar-refractivity contribution in [3.05, 3.63) is 35.4 Å². The van der Waals surface area contributed by atoms with Crippen molar-refractivity contribution in [3.63, 3.8) is 0 Å². The summed E-state index contributed by atoms with van der Waals surface area (Å²) in [5.74, 6) is 0. The van der Waals surface area contributed by atoms with Crippen molar-refractivity contribution in [2.24, 2.45) is 0 Å². The van der Waals surface area contributed by atoms with Crippen LogP contribution in [-0.4, -0.2) is 42.5 Å². The Morgan fingerprint density at radius 2 is 2.05 bits per heavy atom. The van der Waals surface area contributed by atoms with Gasteiger partial charge in [0, 0.05) is 25.7 Å². The van der Waals surface area contributed by atoms with E-state index < -0.39 is 17.8 Å². The first-order chi connectivity index (χ1) is 9.82. The minimum absolute atomic E-state index is 0.128. The van der Waals surface area contributed by atoms with Gasteiger partial charge in [0.25, 0.3) is 0 Å². The molecule has 2 atom stereocenters. The van der Waals surface area contributed by atoms with Gasteiger partial charge in [-0.3, -0.25) is 4.90 Å². The molecule has 1 aromatic carbocycles. The molecule has 1 heterocycles. The number of rotatable bonds is 2. The molecule has 6 heteroatoms. The molecule has 0 N–H and O–H groups in total. The summed E-state index contributed by atoms with van der Waals surface area (Å²) in [5, 5.41) is 9.42. The predicted molar refractivity (Wildman–Crippen MR) is 73.5 cm³/mol. The fourth-order valence-corrected chi connectivity index (χ4v) is 2.76. The minimum atomic E-state index is -4.39. The van der Waals surface area contributed by atoms with E-state index >= 15 is 0 Å². The average Bonchev–Trinajstić information content (AvgIpc) is 2.41. The molecule has 0 bridgehead atoms. The summed E-state index contributed by atoms with van der Waals surface area (Å²) in [6.07, 6.45) is -4.39. The van der Waals surface area contributed by atoms with Crippen molar-refractivity contribution in [1.82, 2.24) is 9.80 Å². The first-order valence-electron chi connectivity index (χ1n) is 6.84. The van der Waals surface area contributed by atoms with Crippen LogP contribution in [0.4, 0.5) is 13.2 Å². The van der Waals surface area contributed by atoms with Crippen molar-refractivity contribution in [1.29, 1.82) is 5.26 Å². The Morgan fingerprint density at radius 3 is 2.62 bits per heavy atom. The lowest BCUT2D eigenvalue weighted by Crippen LogP contribution is -2.51. The summed E-state index contributed by atoms with van der Waals surface area (Å²) in [5.41, 5.74) is -0.300. The SMILES string of the molecule is CC1CN(C)CCN1C(C#N)c1cccc(C(F)(F)F)c1. The third kappa shape index (κ3) is 3.55. The number of piperazine rings is 1. The normalized spacial score (nSPS) is 22.8. The van der Waals surface area contributed by atoms with Gasteiger partial charge >= 0.3 is 6.18 Å². The van der Waals surface area contributed by atoms with Crippen molar-refractivity contribution in [2.75, 3.05) is 26.7 Å². The van der Waals surface area contributed by atoms with E-state index in [1.54, 1.807) is 6.07 Å². The Kier molecular flexibility index (Phi) is 4.55. The molecule has 21 heavy (non-hydrogen) atoms. The van der Waals surface area contributed by atoms with Crippen LogP contribution in [0.3, 0.4) is 0 Å². The first kappa shape index (κ1) is 15.8. The highest BCUT2D eigenvalue weighted by molar-refractivity contribution is 5.31. The van der Waals surface area contributed by atoms with Gasteiger partial charge in [-0.2, -0.15) is 18.4 Å². The van der Waals surface area contributed by atoms with Crippen LogP contribution in [0.25, 0.3) is 0 Å². The Hall–Kier alpha value is -1.58. The van der Waals surface area contributed by atoms with E-state index in [9.17, 15) is 18.4 Å². The summed E-state index contributed by atoms with van der Waals surface area (Å²) >= 11 is 0. The average molecular weight is 297 g/mol. The summed E-state index contributed by atoms with van der Waals surface area (Å²) in [6.45, 7) is 4.28. The van der Waals surface area contributed by atoms with E-state index in [0.717, 1.165) is 25.2 Å². The van der Waals surface area contributed by atoms with Crippen LogP contribution < -0.4 is 0 Å². The summed E-state index contributed by atoms with van der Waals surface area (Å²) in [7, 11) is 2.00. The standard InChI is InChI=1S/C15H18F3N3/c1-11-10-20(2)6-7-21(11)14(9-19)12-4-3-5-13(8-12)15(16,17)18/h3-5,8,11,14H,6-7,10H2,1-2H3. The predicted octanol–water partition coefficient (Wildman–Crippen LogP) is 2.91. The molecule has 114 valence electrons. The molecule has 0 spiro atoms. The molecule has 1 fully saturated rings. The molecule has 3 nitrogen and oxygen atoms in total. The summed E-state index contributed by atoms with van der Waals surface area (Å²) in [4.78, 5) is 4.12. The maximum Gasteiger partial charge on any atom is 0.416 e. The zero-order valence-electron chi connectivity index (χ0n) is 12.1. The zero-order chi connectivity index (χ0) is 15.6. The van der Waals surface area contributed by atoms with Crippen molar-refractivity contribution < 1.29 is 13.2 Å². The van der Waals surface area contributed by atoms with Crippen LogP contribution in [0.2, 0.25) is 0 Å². The maximum atomic E-state index is 12.8. The molecule has 1 aliphatic rings. The number of hydrogen-bond donors (Lipinski definition) is 0. The molecule has 2 unspecified atom stereocenters. The van der Waals surface area contributed by atoms with Crippen molar-refractivity contribution in [3.8, 4) is 6.07 Å². The second-order valence-electron chi connectivity index (χ2n) is 5.50. The number of likely N-dealkylation sites (N-methyl/N-ethyl adjacent to an activating group) is 1. The fraction of sp³-hybridized carbons (Fsp3) is 0.533. The Bertz CT molecular complexity index is 536. The maximum absolute atomic E-state index is 12.8. The lowest BCUT2D eigenvalue weighted by atomic mass is 10.0. The molecule has 0 radical (unpaired) electrons. The van der Waals surface area contributed by atoms with Gasteiger partial charge in [-0.1, -0.05) is 12.1 Å². The third-order valence-electron chi connectivity index (χ3n) is 3.87. The number of hydrogen-bond acceptors (Lipinski definition) is 3. The van der Waals surface area contributed by atoms with E-state index in [4.69, 9.17) is 0 Å². The van der Waals surface area contributed by atoms with E-state index in [1.165, 1.54) is 6.07 Å². The van der Waals surface area contributed by atoms with Crippen LogP contribution in [-0.2, 0) is 6.18 Å². The Morgan fingerprint density at radius 1 is 1.33 bits per heavy atom. The van der Waals surface area contributed by atoms with Gasteiger partial charge in [0.15, 0.2) is 0 Å². The molecule has 0 aliphatic carbocycles. The Labute approximate surface area is 122 Å². The van der Waals surface area contributed by atoms with Gasteiger partial charge in [-0.15, -0.1) is 0 Å². The Balaban J connectivity index is 2.28. The quantitative estimate of drug-likeness (QED) is 0.841. The van der Waals surface area contributed by atoms with Crippen LogP contribution >= 0.6 is 0 Å². The second kappa shape index (κ2) is 6.04. The van der Waals surface area contributed by atoms with Gasteiger partial charge in [0.05, 0.1) is 11.6 Å². The van der Waals surface area contributed by atoms with Gasteiger partial charge < -0.3 is 4.90 Å². The molecule has 1 aromatic rings. The number of benzene rings is 1. The highest BCUT2D eigenvalue weighted by Crippen LogP contribution is 2.32. The van der Waals surface area contributed by atoms with Crippen molar-refractivity contribution >= 4 is 0 Å². The molecular weight excluding hydrogens is 279 g/mol. The molecule has 2 rings (SSSR count). The van der Waals surface area contributed by atoms with E-state index in [2.05, 4.69) is 11.0 Å². The highest BCUT2D eigenvalue weighted by Gasteiger charge is 2.33. The molecule has 0 aromatic heterocycles. The van der Waals surface area contributed by atoms with Gasteiger partial charge in [0.2, 0.25) is 0 Å². The molecule has 1 saturated heterocycles. The molecular formula is C15H18F3N3. The minimum Gasteiger partial charge on any atom is -0.304 e. The second-order valence-corrected chi connectivity index (χ2v) is 5.50. The number of alkyl halides is 3. The van der Waals surface area contributed by atoms with Crippen LogP contribution in [0, 0.1) is 11.3 Å². The van der Waals surface area contributed by atoms with E-state index in [-0.39, 0.29) is 6.04 Å². The lowest BCUT2D eigenvalue weighted by Gasteiger charge is -2.40. The molecule has 1 aliphatic heterocycles. The number of nitriles is 1.